The van der Waals surface area contributed by atoms with Gasteiger partial charge in [0.15, 0.2) is 0 Å². The fraction of sp³-hybridized carbons (Fsp3) is 0.700. The van der Waals surface area contributed by atoms with E-state index >= 15 is 0 Å². The first-order chi connectivity index (χ1) is 6.66. The molecule has 0 aromatic heterocycles. The van der Waals surface area contributed by atoms with E-state index in [0.717, 1.165) is 12.8 Å². The Balaban J connectivity index is -0.0000000300. The molecule has 0 aliphatic carbocycles. The summed E-state index contributed by atoms with van der Waals surface area (Å²) in [6.45, 7) is 6.35. The van der Waals surface area contributed by atoms with Gasteiger partial charge in [-0.1, -0.05) is 13.3 Å². The standard InChI is InChI=1S/C4H10O.3C2H3O.Ti/c1-2-3-4-5;3*1-2-3;/h5H,2-4H2,1H3;3*1H3;/q;3*-1;+3. The Morgan fingerprint density at radius 1 is 0.933 bits per heavy atom. The van der Waals surface area contributed by atoms with E-state index in [1.807, 2.05) is 0 Å². The molecule has 0 aromatic rings. The maximum Gasteiger partial charge on any atom is 3.00 e. The van der Waals surface area contributed by atoms with Crippen LogP contribution in [0.25, 0.3) is 0 Å². The molecule has 0 saturated carbocycles. The van der Waals surface area contributed by atoms with Crippen molar-refractivity contribution in [2.45, 2.75) is 40.5 Å². The van der Waals surface area contributed by atoms with Gasteiger partial charge in [-0.15, -0.1) is 0 Å². The van der Waals surface area contributed by atoms with Gasteiger partial charge in [0.25, 0.3) is 0 Å². The molecule has 0 aliphatic heterocycles. The van der Waals surface area contributed by atoms with Gasteiger partial charge in [-0.2, -0.15) is 20.8 Å². The van der Waals surface area contributed by atoms with Crippen molar-refractivity contribution in [3.63, 3.8) is 0 Å². The molecule has 0 saturated heterocycles. The minimum absolute atomic E-state index is 0. The summed E-state index contributed by atoms with van der Waals surface area (Å²) >= 11 is 0. The van der Waals surface area contributed by atoms with Crippen LogP contribution >= 0.6 is 0 Å². The second-order valence-electron chi connectivity index (χ2n) is 1.69. The van der Waals surface area contributed by atoms with Crippen molar-refractivity contribution in [3.05, 3.63) is 0 Å². The molecular formula is C10H19O4Ti. The van der Waals surface area contributed by atoms with Crippen LogP contribution in [0.15, 0.2) is 0 Å². The van der Waals surface area contributed by atoms with Crippen LogP contribution in [-0.2, 0) is 36.1 Å². The van der Waals surface area contributed by atoms with E-state index in [1.165, 1.54) is 39.6 Å². The van der Waals surface area contributed by atoms with Gasteiger partial charge in [0.1, 0.15) is 0 Å². The van der Waals surface area contributed by atoms with Gasteiger partial charge >= 0.3 is 21.7 Å². The van der Waals surface area contributed by atoms with Crippen LogP contribution in [-0.4, -0.2) is 30.6 Å². The first kappa shape index (κ1) is 29.3. The van der Waals surface area contributed by atoms with Crippen LogP contribution < -0.4 is 0 Å². The fourth-order valence-electron chi connectivity index (χ4n) is 0.158. The first-order valence-corrected chi connectivity index (χ1v) is 4.14. The third-order valence-electron chi connectivity index (χ3n) is 0.512. The Hall–Kier alpha value is -0.316. The summed E-state index contributed by atoms with van der Waals surface area (Å²) in [6.07, 6.45) is 6.54. The van der Waals surface area contributed by atoms with Crippen LogP contribution in [0, 0.1) is 0 Å². The molecule has 0 atom stereocenters. The van der Waals surface area contributed by atoms with Crippen LogP contribution in [0.4, 0.5) is 0 Å². The Labute approximate surface area is 107 Å². The number of hydrogen-bond acceptors (Lipinski definition) is 4. The first-order valence-electron chi connectivity index (χ1n) is 4.14. The van der Waals surface area contributed by atoms with Crippen molar-refractivity contribution in [2.24, 2.45) is 0 Å². The average Bonchev–Trinajstić information content (AvgIpc) is 2.09. The van der Waals surface area contributed by atoms with Gasteiger partial charge in [0, 0.05) is 6.61 Å². The molecule has 0 rings (SSSR count). The number of carbonyl (C=O) groups excluding carboxylic acids is 3. The molecule has 0 aromatic carbocycles. The molecule has 0 heterocycles. The van der Waals surface area contributed by atoms with Gasteiger partial charge in [0.2, 0.25) is 0 Å². The SMILES string of the molecule is CCCCO.C[C-]=O.C[C-]=O.C[C-]=O.[Ti+3]. The Bertz CT molecular complexity index is 81.2. The molecule has 0 aliphatic rings. The molecule has 4 nitrogen and oxygen atoms in total. The molecule has 0 bridgehead atoms. The predicted octanol–water partition coefficient (Wildman–Crippen LogP) is 1.12. The molecule has 87 valence electrons. The Kier molecular flexibility index (Phi) is 133. The van der Waals surface area contributed by atoms with Crippen molar-refractivity contribution >= 4 is 18.9 Å². The van der Waals surface area contributed by atoms with Gasteiger partial charge < -0.3 is 19.5 Å². The van der Waals surface area contributed by atoms with Gasteiger partial charge in [-0.05, 0) is 6.42 Å². The number of unbranched alkanes of at least 4 members (excludes halogenated alkanes) is 1. The van der Waals surface area contributed by atoms with Gasteiger partial charge in [-0.25, -0.2) is 0 Å². The van der Waals surface area contributed by atoms with E-state index in [0.29, 0.717) is 6.61 Å². The summed E-state index contributed by atoms with van der Waals surface area (Å²) in [4.78, 5) is 26.0. The van der Waals surface area contributed by atoms with E-state index in [9.17, 15) is 0 Å². The van der Waals surface area contributed by atoms with Crippen molar-refractivity contribution in [3.8, 4) is 0 Å². The van der Waals surface area contributed by atoms with Gasteiger partial charge in [0.05, 0.1) is 0 Å². The molecular weight excluding hydrogens is 232 g/mol. The predicted molar refractivity (Wildman–Crippen MR) is 56.1 cm³/mol. The summed E-state index contributed by atoms with van der Waals surface area (Å²) in [6, 6.07) is 0. The molecule has 15 heavy (non-hydrogen) atoms. The summed E-state index contributed by atoms with van der Waals surface area (Å²) in [5.74, 6) is 0. The second kappa shape index (κ2) is 68.1. The maximum absolute atomic E-state index is 8.68. The molecule has 0 fully saturated rings. The zero-order chi connectivity index (χ0) is 12.2. The van der Waals surface area contributed by atoms with Crippen LogP contribution in [0.3, 0.4) is 0 Å². The normalized spacial score (nSPS) is 5.40. The number of aliphatic hydroxyl groups excluding tert-OH is 1. The van der Waals surface area contributed by atoms with Gasteiger partial charge in [-0.3, -0.25) is 18.9 Å². The van der Waals surface area contributed by atoms with E-state index < -0.39 is 0 Å². The largest absolute Gasteiger partial charge is 3.00 e. The molecule has 5 heteroatoms. The number of hydrogen-bond donors (Lipinski definition) is 1. The second-order valence-corrected chi connectivity index (χ2v) is 1.69. The minimum Gasteiger partial charge on any atom is -0.542 e. The van der Waals surface area contributed by atoms with Crippen molar-refractivity contribution in [1.29, 1.82) is 0 Å². The Morgan fingerprint density at radius 2 is 1.13 bits per heavy atom. The summed E-state index contributed by atoms with van der Waals surface area (Å²) in [5, 5.41) is 8.07. The van der Waals surface area contributed by atoms with Crippen LogP contribution in [0.1, 0.15) is 40.5 Å². The van der Waals surface area contributed by atoms with E-state index in [1.54, 1.807) is 0 Å². The third-order valence-corrected chi connectivity index (χ3v) is 0.512. The Morgan fingerprint density at radius 3 is 1.13 bits per heavy atom. The molecule has 1 radical (unpaired) electrons. The number of rotatable bonds is 2. The molecule has 0 unspecified atom stereocenters. The number of aliphatic hydroxyl groups is 1. The smallest absolute Gasteiger partial charge is 0.542 e. The van der Waals surface area contributed by atoms with Crippen LogP contribution in [0.5, 0.6) is 0 Å². The minimum atomic E-state index is 0. The van der Waals surface area contributed by atoms with Crippen LogP contribution in [0.2, 0.25) is 0 Å². The monoisotopic (exact) mass is 251 g/mol. The van der Waals surface area contributed by atoms with E-state index in [-0.39, 0.29) is 21.7 Å². The summed E-state index contributed by atoms with van der Waals surface area (Å²) < 4.78 is 0. The third kappa shape index (κ3) is 659. The molecule has 0 spiro atoms. The maximum atomic E-state index is 8.68. The molecule has 0 amide bonds. The average molecular weight is 251 g/mol. The zero-order valence-electron chi connectivity index (χ0n) is 9.79. The molecule has 1 N–H and O–H groups in total. The topological polar surface area (TPSA) is 71.4 Å². The van der Waals surface area contributed by atoms with Crippen molar-refractivity contribution in [1.82, 2.24) is 0 Å². The van der Waals surface area contributed by atoms with Crippen molar-refractivity contribution < 1.29 is 41.2 Å². The summed E-state index contributed by atoms with van der Waals surface area (Å²) in [7, 11) is 0. The zero-order valence-corrected chi connectivity index (χ0v) is 11.4. The summed E-state index contributed by atoms with van der Waals surface area (Å²) in [5.41, 5.74) is 0. The fourth-order valence-corrected chi connectivity index (χ4v) is 0.158. The van der Waals surface area contributed by atoms with E-state index in [4.69, 9.17) is 19.5 Å². The quantitative estimate of drug-likeness (QED) is 0.589. The van der Waals surface area contributed by atoms with E-state index in [2.05, 4.69) is 6.92 Å². The van der Waals surface area contributed by atoms with Crippen molar-refractivity contribution in [2.75, 3.05) is 6.61 Å².